The minimum absolute atomic E-state index is 0.0495. The van der Waals surface area contributed by atoms with Gasteiger partial charge in [-0.05, 0) is 30.3 Å². The van der Waals surface area contributed by atoms with Crippen molar-refractivity contribution >= 4 is 0 Å². The van der Waals surface area contributed by atoms with E-state index in [9.17, 15) is 4.39 Å². The maximum atomic E-state index is 13.1. The fourth-order valence-corrected chi connectivity index (χ4v) is 2.19. The molecule has 3 rings (SSSR count). The second-order valence-corrected chi connectivity index (χ2v) is 4.54. The van der Waals surface area contributed by atoms with Crippen LogP contribution < -0.4 is 10.1 Å². The molecule has 0 bridgehead atoms. The Morgan fingerprint density at radius 3 is 3.16 bits per heavy atom. The highest BCUT2D eigenvalue weighted by Crippen LogP contribution is 2.28. The van der Waals surface area contributed by atoms with Gasteiger partial charge in [-0.25, -0.2) is 4.39 Å². The zero-order valence-electron chi connectivity index (χ0n) is 10.3. The number of benzene rings is 1. The molecule has 0 spiro atoms. The van der Waals surface area contributed by atoms with E-state index in [0.29, 0.717) is 13.1 Å². The largest absolute Gasteiger partial charge is 0.488 e. The Morgan fingerprint density at radius 1 is 1.37 bits per heavy atom. The van der Waals surface area contributed by atoms with Crippen LogP contribution in [0.3, 0.4) is 0 Å². The van der Waals surface area contributed by atoms with Crippen LogP contribution in [-0.4, -0.2) is 22.8 Å². The maximum absolute atomic E-state index is 13.1. The highest BCUT2D eigenvalue weighted by molar-refractivity contribution is 5.37. The van der Waals surface area contributed by atoms with Gasteiger partial charge in [0, 0.05) is 31.3 Å². The lowest BCUT2D eigenvalue weighted by molar-refractivity contribution is 0.227. The monoisotopic (exact) mass is 259 g/mol. The maximum Gasteiger partial charge on any atom is 0.123 e. The van der Waals surface area contributed by atoms with E-state index < -0.39 is 0 Å². The van der Waals surface area contributed by atoms with E-state index >= 15 is 0 Å². The van der Waals surface area contributed by atoms with E-state index in [1.807, 2.05) is 12.1 Å². The first kappa shape index (κ1) is 12.0. The second-order valence-electron chi connectivity index (χ2n) is 4.54. The van der Waals surface area contributed by atoms with Gasteiger partial charge in [-0.15, -0.1) is 0 Å². The van der Waals surface area contributed by atoms with Crippen molar-refractivity contribution in [3.05, 3.63) is 53.6 Å². The molecule has 1 aliphatic heterocycles. The number of fused-ring (bicyclic) bond motifs is 1. The average molecular weight is 259 g/mol. The third kappa shape index (κ3) is 2.88. The number of hydrogen-bond acceptors (Lipinski definition) is 4. The molecule has 5 heteroatoms. The molecule has 0 radical (unpaired) electrons. The molecule has 2 aromatic rings. The van der Waals surface area contributed by atoms with Crippen molar-refractivity contribution in [2.24, 2.45) is 0 Å². The van der Waals surface area contributed by atoms with E-state index in [1.54, 1.807) is 12.3 Å². The summed E-state index contributed by atoms with van der Waals surface area (Å²) in [6, 6.07) is 8.42. The topological polar surface area (TPSA) is 47.0 Å². The lowest BCUT2D eigenvalue weighted by Gasteiger charge is -2.11. The molecule has 1 aliphatic rings. The van der Waals surface area contributed by atoms with E-state index in [2.05, 4.69) is 15.5 Å². The van der Waals surface area contributed by atoms with Crippen molar-refractivity contribution < 1.29 is 9.13 Å². The molecule has 4 nitrogen and oxygen atoms in total. The SMILES string of the molecule is Fc1ccc2c(c1)CC(CNCc1cccnn1)O2. The normalized spacial score (nSPS) is 17.0. The number of halogens is 1. The molecular formula is C14H14FN3O. The van der Waals surface area contributed by atoms with Gasteiger partial charge in [0.15, 0.2) is 0 Å². The average Bonchev–Trinajstić information content (AvgIpc) is 2.82. The smallest absolute Gasteiger partial charge is 0.123 e. The quantitative estimate of drug-likeness (QED) is 0.908. The van der Waals surface area contributed by atoms with Gasteiger partial charge in [-0.3, -0.25) is 0 Å². The van der Waals surface area contributed by atoms with Crippen LogP contribution >= 0.6 is 0 Å². The number of nitrogens with one attached hydrogen (secondary N) is 1. The van der Waals surface area contributed by atoms with Gasteiger partial charge >= 0.3 is 0 Å². The highest BCUT2D eigenvalue weighted by atomic mass is 19.1. The van der Waals surface area contributed by atoms with Crippen LogP contribution in [0.5, 0.6) is 5.75 Å². The summed E-state index contributed by atoms with van der Waals surface area (Å²) in [5, 5.41) is 11.1. The Bertz CT molecular complexity index is 562. The predicted molar refractivity (Wildman–Crippen MR) is 68.3 cm³/mol. The number of rotatable bonds is 4. The van der Waals surface area contributed by atoms with Gasteiger partial charge in [0.05, 0.1) is 5.69 Å². The first-order chi connectivity index (χ1) is 9.31. The third-order valence-electron chi connectivity index (χ3n) is 3.07. The van der Waals surface area contributed by atoms with Gasteiger partial charge in [0.1, 0.15) is 17.7 Å². The van der Waals surface area contributed by atoms with Crippen LogP contribution in [0.15, 0.2) is 36.5 Å². The zero-order chi connectivity index (χ0) is 13.1. The molecule has 0 saturated carbocycles. The Morgan fingerprint density at radius 2 is 2.32 bits per heavy atom. The van der Waals surface area contributed by atoms with Crippen LogP contribution in [0.2, 0.25) is 0 Å². The van der Waals surface area contributed by atoms with Crippen molar-refractivity contribution in [2.75, 3.05) is 6.54 Å². The lowest BCUT2D eigenvalue weighted by atomic mass is 10.1. The van der Waals surface area contributed by atoms with Gasteiger partial charge in [-0.2, -0.15) is 10.2 Å². The summed E-state index contributed by atoms with van der Waals surface area (Å²) < 4.78 is 18.8. The number of aromatic nitrogens is 2. The van der Waals surface area contributed by atoms with Crippen molar-refractivity contribution in [3.63, 3.8) is 0 Å². The lowest BCUT2D eigenvalue weighted by Crippen LogP contribution is -2.30. The second kappa shape index (κ2) is 5.32. The van der Waals surface area contributed by atoms with Gasteiger partial charge < -0.3 is 10.1 Å². The molecule has 0 amide bonds. The molecule has 98 valence electrons. The molecule has 1 unspecified atom stereocenters. The molecule has 1 aromatic heterocycles. The molecule has 19 heavy (non-hydrogen) atoms. The number of hydrogen-bond donors (Lipinski definition) is 1. The van der Waals surface area contributed by atoms with Crippen LogP contribution in [-0.2, 0) is 13.0 Å². The van der Waals surface area contributed by atoms with E-state index in [4.69, 9.17) is 4.74 Å². The van der Waals surface area contributed by atoms with E-state index in [1.165, 1.54) is 12.1 Å². The van der Waals surface area contributed by atoms with Crippen molar-refractivity contribution in [2.45, 2.75) is 19.1 Å². The minimum Gasteiger partial charge on any atom is -0.488 e. The summed E-state index contributed by atoms with van der Waals surface area (Å²) in [5.74, 6) is 0.572. The van der Waals surface area contributed by atoms with Crippen molar-refractivity contribution in [3.8, 4) is 5.75 Å². The summed E-state index contributed by atoms with van der Waals surface area (Å²) in [6.07, 6.45) is 2.43. The zero-order valence-corrected chi connectivity index (χ0v) is 10.3. The molecule has 1 N–H and O–H groups in total. The Balaban J connectivity index is 1.51. The summed E-state index contributed by atoms with van der Waals surface area (Å²) in [7, 11) is 0. The number of ether oxygens (including phenoxy) is 1. The first-order valence-corrected chi connectivity index (χ1v) is 6.23. The van der Waals surface area contributed by atoms with Crippen LogP contribution in [0.25, 0.3) is 0 Å². The summed E-state index contributed by atoms with van der Waals surface area (Å²) >= 11 is 0. The van der Waals surface area contributed by atoms with Crippen LogP contribution in [0.4, 0.5) is 4.39 Å². The predicted octanol–water partition coefficient (Wildman–Crippen LogP) is 1.71. The molecule has 0 aliphatic carbocycles. The molecular weight excluding hydrogens is 245 g/mol. The highest BCUT2D eigenvalue weighted by Gasteiger charge is 2.22. The fraction of sp³-hybridized carbons (Fsp3) is 0.286. The Kier molecular flexibility index (Phi) is 3.37. The van der Waals surface area contributed by atoms with E-state index in [-0.39, 0.29) is 11.9 Å². The molecule has 2 heterocycles. The third-order valence-corrected chi connectivity index (χ3v) is 3.07. The van der Waals surface area contributed by atoms with Crippen LogP contribution in [0.1, 0.15) is 11.3 Å². The molecule has 0 fully saturated rings. The van der Waals surface area contributed by atoms with Gasteiger partial charge in [0.25, 0.3) is 0 Å². The first-order valence-electron chi connectivity index (χ1n) is 6.23. The summed E-state index contributed by atoms with van der Waals surface area (Å²) in [4.78, 5) is 0. The summed E-state index contributed by atoms with van der Waals surface area (Å²) in [6.45, 7) is 1.35. The Labute approximate surface area is 110 Å². The fourth-order valence-electron chi connectivity index (χ4n) is 2.19. The standard InChI is InChI=1S/C14H14FN3O/c15-11-3-4-14-10(6-11)7-13(19-14)9-16-8-12-2-1-5-17-18-12/h1-6,13,16H,7-9H2. The number of nitrogens with zero attached hydrogens (tertiary/aromatic N) is 2. The molecule has 1 aromatic carbocycles. The van der Waals surface area contributed by atoms with Crippen molar-refractivity contribution in [1.29, 1.82) is 0 Å². The van der Waals surface area contributed by atoms with Crippen molar-refractivity contribution in [1.82, 2.24) is 15.5 Å². The van der Waals surface area contributed by atoms with Gasteiger partial charge in [-0.1, -0.05) is 0 Å². The van der Waals surface area contributed by atoms with E-state index in [0.717, 1.165) is 23.4 Å². The van der Waals surface area contributed by atoms with Crippen LogP contribution in [0, 0.1) is 5.82 Å². The summed E-state index contributed by atoms with van der Waals surface area (Å²) in [5.41, 5.74) is 1.83. The molecule has 0 saturated heterocycles. The van der Waals surface area contributed by atoms with Gasteiger partial charge in [0.2, 0.25) is 0 Å². The minimum atomic E-state index is -0.212. The Hall–Kier alpha value is -2.01. The molecule has 1 atom stereocenters.